The average molecular weight is 270 g/mol. The van der Waals surface area contributed by atoms with Crippen LogP contribution in [0.25, 0.3) is 0 Å². The average Bonchev–Trinajstić information content (AvgIpc) is 2.34. The van der Waals surface area contributed by atoms with Crippen LogP contribution >= 0.6 is 0 Å². The van der Waals surface area contributed by atoms with Gasteiger partial charge in [-0.15, -0.1) is 0 Å². The van der Waals surface area contributed by atoms with Crippen LogP contribution in [0, 0.1) is 0 Å². The fourth-order valence-electron chi connectivity index (χ4n) is 1.64. The molecular formula is C10H15BN2O4S. The predicted molar refractivity (Wildman–Crippen MR) is 68.1 cm³/mol. The lowest BCUT2D eigenvalue weighted by Gasteiger charge is -2.23. The van der Waals surface area contributed by atoms with Crippen molar-refractivity contribution in [2.75, 3.05) is 33.4 Å². The van der Waals surface area contributed by atoms with Crippen molar-refractivity contribution in [2.45, 2.75) is 4.90 Å². The van der Waals surface area contributed by atoms with Gasteiger partial charge in [-0.05, 0) is 13.1 Å². The van der Waals surface area contributed by atoms with Crippen LogP contribution in [0.2, 0.25) is 0 Å². The van der Waals surface area contributed by atoms with Gasteiger partial charge in [-0.25, -0.2) is 4.21 Å². The van der Waals surface area contributed by atoms with Crippen LogP contribution in [-0.4, -0.2) is 59.1 Å². The van der Waals surface area contributed by atoms with Crippen LogP contribution in [0.4, 0.5) is 0 Å². The normalized spacial score (nSPS) is 20.2. The molecule has 8 heteroatoms. The van der Waals surface area contributed by atoms with Gasteiger partial charge < -0.3 is 18.8 Å². The third-order valence-electron chi connectivity index (χ3n) is 2.69. The van der Waals surface area contributed by atoms with Crippen LogP contribution in [0.5, 0.6) is 0 Å². The lowest BCUT2D eigenvalue weighted by atomic mass is 9.80. The predicted octanol–water partition coefficient (Wildman–Crippen LogP) is -0.664. The summed E-state index contributed by atoms with van der Waals surface area (Å²) in [6, 6.07) is 1.58. The van der Waals surface area contributed by atoms with E-state index in [0.717, 1.165) is 13.1 Å². The zero-order valence-corrected chi connectivity index (χ0v) is 10.9. The number of hydrogen-bond acceptors (Lipinski definition) is 5. The third-order valence-corrected chi connectivity index (χ3v) is 3.32. The monoisotopic (exact) mass is 270 g/mol. The standard InChI is InChI=1S/C10H15BN2O4S/c1-13-2-4-16-11(17-5-3-13)9-6-10(18(14)15)8-12-7-9/h6-8H,2-5H2,1H3,(H,14,15). The first-order valence-electron chi connectivity index (χ1n) is 5.64. The molecule has 1 aromatic heterocycles. The van der Waals surface area contributed by atoms with Gasteiger partial charge in [-0.2, -0.15) is 0 Å². The highest BCUT2D eigenvalue weighted by molar-refractivity contribution is 7.79. The number of aromatic nitrogens is 1. The van der Waals surface area contributed by atoms with Gasteiger partial charge >= 0.3 is 7.12 Å². The number of pyridine rings is 1. The van der Waals surface area contributed by atoms with Gasteiger partial charge in [-0.1, -0.05) is 0 Å². The minimum absolute atomic E-state index is 0.249. The molecule has 1 aromatic rings. The van der Waals surface area contributed by atoms with Gasteiger partial charge in [0.15, 0.2) is 11.1 Å². The SMILES string of the molecule is CN1CCOB(c2cncc(S(=O)O)c2)OCC1. The van der Waals surface area contributed by atoms with Crippen LogP contribution in [0.15, 0.2) is 23.4 Å². The molecule has 1 saturated heterocycles. The zero-order valence-electron chi connectivity index (χ0n) is 10.1. The first-order chi connectivity index (χ1) is 8.66. The molecule has 0 radical (unpaired) electrons. The van der Waals surface area contributed by atoms with E-state index in [1.54, 1.807) is 12.3 Å². The molecule has 2 heterocycles. The third kappa shape index (κ3) is 3.60. The summed E-state index contributed by atoms with van der Waals surface area (Å²) in [4.78, 5) is 6.29. The van der Waals surface area contributed by atoms with Gasteiger partial charge in [-0.3, -0.25) is 4.98 Å². The Labute approximate surface area is 109 Å². The van der Waals surface area contributed by atoms with Crippen molar-refractivity contribution in [3.63, 3.8) is 0 Å². The molecule has 1 fully saturated rings. The molecule has 0 saturated carbocycles. The zero-order chi connectivity index (χ0) is 13.0. The molecule has 18 heavy (non-hydrogen) atoms. The van der Waals surface area contributed by atoms with E-state index in [9.17, 15) is 4.21 Å². The van der Waals surface area contributed by atoms with Gasteiger partial charge in [0, 0.05) is 44.2 Å². The molecule has 2 rings (SSSR count). The van der Waals surface area contributed by atoms with E-state index in [4.69, 9.17) is 13.9 Å². The van der Waals surface area contributed by atoms with Crippen LogP contribution in [0.3, 0.4) is 0 Å². The smallest absolute Gasteiger partial charge is 0.406 e. The van der Waals surface area contributed by atoms with Crippen LogP contribution < -0.4 is 5.46 Å². The Hall–Kier alpha value is -0.795. The lowest BCUT2D eigenvalue weighted by molar-refractivity contribution is 0.132. The number of likely N-dealkylation sites (N-methyl/N-ethyl adjacent to an activating group) is 1. The van der Waals surface area contributed by atoms with Crippen LogP contribution in [0.1, 0.15) is 0 Å². The maximum absolute atomic E-state index is 11.0. The fraction of sp³-hybridized carbons (Fsp3) is 0.500. The van der Waals surface area contributed by atoms with E-state index in [-0.39, 0.29) is 4.90 Å². The maximum atomic E-state index is 11.0. The van der Waals surface area contributed by atoms with E-state index in [0.29, 0.717) is 18.7 Å². The summed E-state index contributed by atoms with van der Waals surface area (Å²) in [6.45, 7) is 2.76. The van der Waals surface area contributed by atoms with E-state index < -0.39 is 18.2 Å². The van der Waals surface area contributed by atoms with Crippen molar-refractivity contribution in [2.24, 2.45) is 0 Å². The summed E-state index contributed by atoms with van der Waals surface area (Å²) < 4.78 is 31.2. The minimum Gasteiger partial charge on any atom is -0.406 e. The number of rotatable bonds is 2. The summed E-state index contributed by atoms with van der Waals surface area (Å²) in [5, 5.41) is 0. The largest absolute Gasteiger partial charge is 0.495 e. The highest BCUT2D eigenvalue weighted by atomic mass is 32.2. The number of hydrogen-bond donors (Lipinski definition) is 1. The van der Waals surface area contributed by atoms with Crippen molar-refractivity contribution >= 4 is 23.7 Å². The summed E-state index contributed by atoms with van der Waals surface area (Å²) in [5.41, 5.74) is 0.666. The molecule has 6 nitrogen and oxygen atoms in total. The molecule has 1 N–H and O–H groups in total. The summed E-state index contributed by atoms with van der Waals surface area (Å²) in [5.74, 6) is 0. The van der Waals surface area contributed by atoms with E-state index >= 15 is 0 Å². The molecule has 1 aliphatic rings. The van der Waals surface area contributed by atoms with Gasteiger partial charge in [0.2, 0.25) is 0 Å². The maximum Gasteiger partial charge on any atom is 0.495 e. The van der Waals surface area contributed by atoms with Gasteiger partial charge in [0.05, 0.1) is 4.90 Å². The highest BCUT2D eigenvalue weighted by Gasteiger charge is 2.24. The Bertz CT molecular complexity index is 424. The Morgan fingerprint density at radius 1 is 1.39 bits per heavy atom. The van der Waals surface area contributed by atoms with E-state index in [1.807, 2.05) is 7.05 Å². The van der Waals surface area contributed by atoms with E-state index in [2.05, 4.69) is 9.88 Å². The molecule has 1 unspecified atom stereocenters. The number of nitrogens with zero attached hydrogens (tertiary/aromatic N) is 2. The first kappa shape index (κ1) is 13.6. The lowest BCUT2D eigenvalue weighted by Crippen LogP contribution is -2.43. The summed E-state index contributed by atoms with van der Waals surface area (Å²) >= 11 is -2.04. The Balaban J connectivity index is 2.10. The van der Waals surface area contributed by atoms with Crippen molar-refractivity contribution in [3.05, 3.63) is 18.5 Å². The molecule has 0 aromatic carbocycles. The van der Waals surface area contributed by atoms with Gasteiger partial charge in [0.25, 0.3) is 0 Å². The second kappa shape index (κ2) is 6.39. The minimum atomic E-state index is -2.04. The quantitative estimate of drug-likeness (QED) is 0.568. The van der Waals surface area contributed by atoms with Gasteiger partial charge in [0.1, 0.15) is 0 Å². The second-order valence-electron chi connectivity index (χ2n) is 4.08. The molecule has 0 bridgehead atoms. The molecule has 0 spiro atoms. The van der Waals surface area contributed by atoms with Crippen molar-refractivity contribution in [3.8, 4) is 0 Å². The van der Waals surface area contributed by atoms with E-state index in [1.165, 1.54) is 6.20 Å². The second-order valence-corrected chi connectivity index (χ2v) is 5.05. The summed E-state index contributed by atoms with van der Waals surface area (Å²) in [6.07, 6.45) is 2.95. The Morgan fingerprint density at radius 2 is 2.06 bits per heavy atom. The Morgan fingerprint density at radius 3 is 2.67 bits per heavy atom. The molecule has 1 atom stereocenters. The highest BCUT2D eigenvalue weighted by Crippen LogP contribution is 2.03. The molecule has 1 aliphatic heterocycles. The topological polar surface area (TPSA) is 71.9 Å². The summed E-state index contributed by atoms with van der Waals surface area (Å²) in [7, 11) is 1.49. The van der Waals surface area contributed by atoms with Crippen molar-refractivity contribution in [1.82, 2.24) is 9.88 Å². The first-order valence-corrected chi connectivity index (χ1v) is 6.75. The molecule has 0 amide bonds. The Kier molecular flexibility index (Phi) is 4.84. The fourth-order valence-corrected chi connectivity index (χ4v) is 2.03. The molecular weight excluding hydrogens is 255 g/mol. The molecule has 98 valence electrons. The van der Waals surface area contributed by atoms with Crippen molar-refractivity contribution < 1.29 is 18.1 Å². The van der Waals surface area contributed by atoms with Crippen LogP contribution in [-0.2, 0) is 20.4 Å². The van der Waals surface area contributed by atoms with Crippen molar-refractivity contribution in [1.29, 1.82) is 0 Å². The molecule has 0 aliphatic carbocycles.